The van der Waals surface area contributed by atoms with Gasteiger partial charge in [0.25, 0.3) is 5.91 Å². The summed E-state index contributed by atoms with van der Waals surface area (Å²) in [6.45, 7) is -1.07. The molecule has 0 aliphatic rings. The Labute approximate surface area is 124 Å². The molecule has 22 heavy (non-hydrogen) atoms. The number of nitrogens with one attached hydrogen (secondary N) is 1. The predicted molar refractivity (Wildman–Crippen MR) is 73.4 cm³/mol. The topological polar surface area (TPSA) is 51.2 Å². The SMILES string of the molecule is O=C(NCc1ccc(OCC(F)(F)F)cc1)c1cccnc1. The molecule has 0 aliphatic heterocycles. The van der Waals surface area contributed by atoms with Crippen molar-refractivity contribution in [2.75, 3.05) is 6.61 Å². The molecule has 0 radical (unpaired) electrons. The smallest absolute Gasteiger partial charge is 0.422 e. The summed E-state index contributed by atoms with van der Waals surface area (Å²) in [5, 5.41) is 2.69. The van der Waals surface area contributed by atoms with Crippen molar-refractivity contribution in [3.8, 4) is 5.75 Å². The molecule has 1 N–H and O–H groups in total. The van der Waals surface area contributed by atoms with Gasteiger partial charge in [-0.2, -0.15) is 13.2 Å². The number of rotatable bonds is 5. The lowest BCUT2D eigenvalue weighted by molar-refractivity contribution is -0.153. The van der Waals surface area contributed by atoms with E-state index in [1.165, 1.54) is 18.3 Å². The lowest BCUT2D eigenvalue weighted by Crippen LogP contribution is -2.22. The fourth-order valence-corrected chi connectivity index (χ4v) is 1.65. The number of aromatic nitrogens is 1. The predicted octanol–water partition coefficient (Wildman–Crippen LogP) is 2.95. The molecule has 4 nitrogen and oxygen atoms in total. The number of nitrogens with zero attached hydrogens (tertiary/aromatic N) is 1. The number of ether oxygens (including phenoxy) is 1. The second-order valence-corrected chi connectivity index (χ2v) is 4.47. The zero-order valence-electron chi connectivity index (χ0n) is 11.4. The van der Waals surface area contributed by atoms with Crippen LogP contribution in [0.2, 0.25) is 0 Å². The standard InChI is InChI=1S/C15H13F3N2O2/c16-15(17,18)10-22-13-5-3-11(4-6-13)8-20-14(21)12-2-1-7-19-9-12/h1-7,9H,8,10H2,(H,20,21). The number of hydrogen-bond donors (Lipinski definition) is 1. The van der Waals surface area contributed by atoms with Crippen molar-refractivity contribution in [1.82, 2.24) is 10.3 Å². The lowest BCUT2D eigenvalue weighted by Gasteiger charge is -2.10. The molecule has 0 spiro atoms. The average molecular weight is 310 g/mol. The van der Waals surface area contributed by atoms with E-state index in [0.29, 0.717) is 5.56 Å². The van der Waals surface area contributed by atoms with Crippen LogP contribution in [-0.2, 0) is 6.54 Å². The normalized spacial score (nSPS) is 11.0. The molecule has 0 unspecified atom stereocenters. The molecule has 0 saturated heterocycles. The first-order valence-corrected chi connectivity index (χ1v) is 6.41. The van der Waals surface area contributed by atoms with Gasteiger partial charge >= 0.3 is 6.18 Å². The van der Waals surface area contributed by atoms with E-state index < -0.39 is 12.8 Å². The first kappa shape index (κ1) is 15.8. The van der Waals surface area contributed by atoms with Crippen molar-refractivity contribution < 1.29 is 22.7 Å². The van der Waals surface area contributed by atoms with Gasteiger partial charge < -0.3 is 10.1 Å². The first-order chi connectivity index (χ1) is 10.4. The van der Waals surface area contributed by atoms with Crippen molar-refractivity contribution in [3.05, 3.63) is 59.9 Å². The Balaban J connectivity index is 1.85. The molecule has 0 bridgehead atoms. The Kier molecular flexibility index (Phi) is 4.98. The van der Waals surface area contributed by atoms with Gasteiger partial charge in [-0.15, -0.1) is 0 Å². The molecule has 0 atom stereocenters. The third-order valence-electron chi connectivity index (χ3n) is 2.70. The van der Waals surface area contributed by atoms with E-state index in [2.05, 4.69) is 15.0 Å². The van der Waals surface area contributed by atoms with Crippen molar-refractivity contribution in [1.29, 1.82) is 0 Å². The summed E-state index contributed by atoms with van der Waals surface area (Å²) in [6, 6.07) is 9.33. The van der Waals surface area contributed by atoms with Crippen molar-refractivity contribution in [2.24, 2.45) is 0 Å². The highest BCUT2D eigenvalue weighted by molar-refractivity contribution is 5.93. The number of carbonyl (C=O) groups is 1. The molecule has 2 aromatic rings. The number of amides is 1. The lowest BCUT2D eigenvalue weighted by atomic mass is 10.2. The quantitative estimate of drug-likeness (QED) is 0.924. The summed E-state index contributed by atoms with van der Waals surface area (Å²) in [5.41, 5.74) is 1.18. The summed E-state index contributed by atoms with van der Waals surface area (Å²) in [4.78, 5) is 15.6. The molecule has 1 aromatic carbocycles. The Bertz CT molecular complexity index is 613. The molecule has 0 saturated carbocycles. The first-order valence-electron chi connectivity index (χ1n) is 6.41. The van der Waals surface area contributed by atoms with Crippen LogP contribution in [0.5, 0.6) is 5.75 Å². The molecule has 7 heteroatoms. The average Bonchev–Trinajstić information content (AvgIpc) is 2.52. The maximum Gasteiger partial charge on any atom is 0.422 e. The van der Waals surface area contributed by atoms with E-state index in [-0.39, 0.29) is 18.2 Å². The fourth-order valence-electron chi connectivity index (χ4n) is 1.65. The third kappa shape index (κ3) is 5.08. The summed E-state index contributed by atoms with van der Waals surface area (Å²) in [6.07, 6.45) is -1.35. The van der Waals surface area contributed by atoms with Gasteiger partial charge in [0.05, 0.1) is 5.56 Å². The van der Waals surface area contributed by atoms with E-state index in [1.807, 2.05) is 0 Å². The highest BCUT2D eigenvalue weighted by Crippen LogP contribution is 2.18. The Morgan fingerprint density at radius 2 is 1.91 bits per heavy atom. The Morgan fingerprint density at radius 1 is 1.18 bits per heavy atom. The number of carbonyl (C=O) groups excluding carboxylic acids is 1. The molecule has 0 aliphatic carbocycles. The van der Waals surface area contributed by atoms with Crippen LogP contribution in [0.15, 0.2) is 48.8 Å². The molecule has 0 fully saturated rings. The Hall–Kier alpha value is -2.57. The van der Waals surface area contributed by atoms with Gasteiger partial charge in [0.15, 0.2) is 6.61 Å². The minimum atomic E-state index is -4.36. The number of halogens is 3. The summed E-state index contributed by atoms with van der Waals surface area (Å²) in [5.74, 6) is -0.148. The van der Waals surface area contributed by atoms with Crippen LogP contribution in [0.4, 0.5) is 13.2 Å². The van der Waals surface area contributed by atoms with E-state index >= 15 is 0 Å². The summed E-state index contributed by atoms with van der Waals surface area (Å²) in [7, 11) is 0. The van der Waals surface area contributed by atoms with Gasteiger partial charge in [-0.05, 0) is 29.8 Å². The zero-order valence-corrected chi connectivity index (χ0v) is 11.4. The van der Waals surface area contributed by atoms with Crippen LogP contribution in [0.1, 0.15) is 15.9 Å². The molecule has 1 amide bonds. The van der Waals surface area contributed by atoms with Crippen LogP contribution < -0.4 is 10.1 Å². The minimum absolute atomic E-state index is 0.125. The molecule has 2 rings (SSSR count). The second kappa shape index (κ2) is 6.93. The zero-order chi connectivity index (χ0) is 16.0. The van der Waals surface area contributed by atoms with Crippen LogP contribution in [0.25, 0.3) is 0 Å². The fraction of sp³-hybridized carbons (Fsp3) is 0.200. The summed E-state index contributed by atoms with van der Waals surface area (Å²) < 4.78 is 40.6. The van der Waals surface area contributed by atoms with Gasteiger partial charge in [0.2, 0.25) is 0 Å². The van der Waals surface area contributed by atoms with Gasteiger partial charge in [-0.3, -0.25) is 9.78 Å². The molecular weight excluding hydrogens is 297 g/mol. The number of hydrogen-bond acceptors (Lipinski definition) is 3. The van der Waals surface area contributed by atoms with Crippen molar-refractivity contribution >= 4 is 5.91 Å². The van der Waals surface area contributed by atoms with E-state index in [4.69, 9.17) is 0 Å². The number of benzene rings is 1. The van der Waals surface area contributed by atoms with Crippen LogP contribution in [0.3, 0.4) is 0 Å². The van der Waals surface area contributed by atoms with Crippen LogP contribution >= 0.6 is 0 Å². The minimum Gasteiger partial charge on any atom is -0.484 e. The maximum atomic E-state index is 12.0. The van der Waals surface area contributed by atoms with Crippen LogP contribution in [-0.4, -0.2) is 23.7 Å². The molecular formula is C15H13F3N2O2. The van der Waals surface area contributed by atoms with E-state index in [9.17, 15) is 18.0 Å². The van der Waals surface area contributed by atoms with Gasteiger partial charge in [-0.1, -0.05) is 12.1 Å². The van der Waals surface area contributed by atoms with Gasteiger partial charge in [0, 0.05) is 18.9 Å². The van der Waals surface area contributed by atoms with Crippen LogP contribution in [0, 0.1) is 0 Å². The van der Waals surface area contributed by atoms with Crippen molar-refractivity contribution in [3.63, 3.8) is 0 Å². The number of alkyl halides is 3. The molecule has 1 aromatic heterocycles. The summed E-state index contributed by atoms with van der Waals surface area (Å²) >= 11 is 0. The third-order valence-corrected chi connectivity index (χ3v) is 2.70. The highest BCUT2D eigenvalue weighted by Gasteiger charge is 2.28. The largest absolute Gasteiger partial charge is 0.484 e. The second-order valence-electron chi connectivity index (χ2n) is 4.47. The Morgan fingerprint density at radius 3 is 2.50 bits per heavy atom. The number of pyridine rings is 1. The highest BCUT2D eigenvalue weighted by atomic mass is 19.4. The molecule has 1 heterocycles. The molecule has 116 valence electrons. The van der Waals surface area contributed by atoms with E-state index in [0.717, 1.165) is 5.56 Å². The maximum absolute atomic E-state index is 12.0. The van der Waals surface area contributed by atoms with Gasteiger partial charge in [0.1, 0.15) is 5.75 Å². The monoisotopic (exact) mass is 310 g/mol. The van der Waals surface area contributed by atoms with Crippen molar-refractivity contribution in [2.45, 2.75) is 12.7 Å². The van der Waals surface area contributed by atoms with Gasteiger partial charge in [-0.25, -0.2) is 0 Å². The van der Waals surface area contributed by atoms with E-state index in [1.54, 1.807) is 30.5 Å².